The molecule has 4 aromatic rings. The lowest BCUT2D eigenvalue weighted by molar-refractivity contribution is 0.0970. The molecule has 0 radical (unpaired) electrons. The minimum atomic E-state index is -0.542. The number of carbonyl (C=O) groups is 2. The molecule has 4 rings (SSSR count). The molecule has 3 heterocycles. The normalized spacial score (nSPS) is 11.0. The Kier molecular flexibility index (Phi) is 7.03. The van der Waals surface area contributed by atoms with E-state index in [1.165, 1.54) is 28.7 Å². The molecule has 0 fully saturated rings. The van der Waals surface area contributed by atoms with Gasteiger partial charge in [0.25, 0.3) is 5.91 Å². The van der Waals surface area contributed by atoms with Crippen molar-refractivity contribution >= 4 is 39.9 Å². The maximum absolute atomic E-state index is 13.6. The molecule has 3 aromatic heterocycles. The number of pyridine rings is 1. The van der Waals surface area contributed by atoms with E-state index in [1.54, 1.807) is 25.3 Å². The number of amides is 1. The number of Topliss-reactive ketones (excluding diaryl/α,β-unsaturated/α-hetero) is 1. The fraction of sp³-hybridized carbons (Fsp3) is 0.280. The third kappa shape index (κ3) is 4.65. The maximum Gasteiger partial charge on any atom is 0.274 e. The highest BCUT2D eigenvalue weighted by molar-refractivity contribution is 6.32. The standard InChI is InChI=1S/C25H24ClN7O3/c1-14(2)10-19(34)21-22(15(3)11-16-13-29-32(9-7-27)23(16)21)30-25(35)18-12-20(36-4)31-33(18)24-17(26)6-5-8-28-24/h5-6,8,11-14H,9-10H2,1-4H3,(H,30,35). The Labute approximate surface area is 212 Å². The second kappa shape index (κ2) is 10.2. The molecule has 0 bridgehead atoms. The highest BCUT2D eigenvalue weighted by Crippen LogP contribution is 2.33. The van der Waals surface area contributed by atoms with Crippen molar-refractivity contribution in [1.29, 1.82) is 5.26 Å². The molecule has 0 saturated carbocycles. The summed E-state index contributed by atoms with van der Waals surface area (Å²) in [6.45, 7) is 5.65. The first kappa shape index (κ1) is 24.9. The van der Waals surface area contributed by atoms with Gasteiger partial charge in [-0.25, -0.2) is 14.3 Å². The summed E-state index contributed by atoms with van der Waals surface area (Å²) in [6.07, 6.45) is 3.41. The Balaban J connectivity index is 1.87. The first-order valence-electron chi connectivity index (χ1n) is 11.2. The number of nitriles is 1. The number of methoxy groups -OCH3 is 1. The smallest absolute Gasteiger partial charge is 0.274 e. The Morgan fingerprint density at radius 2 is 2.08 bits per heavy atom. The van der Waals surface area contributed by atoms with Crippen molar-refractivity contribution in [2.75, 3.05) is 12.4 Å². The van der Waals surface area contributed by atoms with Gasteiger partial charge in [-0.1, -0.05) is 25.4 Å². The van der Waals surface area contributed by atoms with Crippen LogP contribution in [0.4, 0.5) is 5.69 Å². The van der Waals surface area contributed by atoms with E-state index in [1.807, 2.05) is 19.9 Å². The number of halogens is 1. The van der Waals surface area contributed by atoms with E-state index in [0.717, 1.165) is 0 Å². The van der Waals surface area contributed by atoms with Gasteiger partial charge in [0.2, 0.25) is 5.88 Å². The zero-order valence-electron chi connectivity index (χ0n) is 20.2. The number of carbonyl (C=O) groups excluding carboxylic acids is 2. The number of hydrogen-bond donors (Lipinski definition) is 1. The lowest BCUT2D eigenvalue weighted by atomic mass is 9.95. The summed E-state index contributed by atoms with van der Waals surface area (Å²) < 4.78 is 8.00. The molecule has 1 aromatic carbocycles. The molecule has 1 N–H and O–H groups in total. The average Bonchev–Trinajstić information content (AvgIpc) is 3.44. The molecule has 0 aliphatic heterocycles. The van der Waals surface area contributed by atoms with Crippen LogP contribution in [-0.4, -0.2) is 43.3 Å². The van der Waals surface area contributed by atoms with Crippen LogP contribution in [0.2, 0.25) is 5.02 Å². The number of aryl methyl sites for hydroxylation is 1. The molecule has 0 atom stereocenters. The number of benzene rings is 1. The number of nitrogens with one attached hydrogen (secondary N) is 1. The molecule has 184 valence electrons. The lowest BCUT2D eigenvalue weighted by Gasteiger charge is -2.17. The van der Waals surface area contributed by atoms with Crippen molar-refractivity contribution in [3.63, 3.8) is 0 Å². The summed E-state index contributed by atoms with van der Waals surface area (Å²) in [4.78, 5) is 31.3. The minimum Gasteiger partial charge on any atom is -0.480 e. The summed E-state index contributed by atoms with van der Waals surface area (Å²) in [5.41, 5.74) is 1.94. The van der Waals surface area contributed by atoms with Gasteiger partial charge in [0, 0.05) is 24.1 Å². The van der Waals surface area contributed by atoms with Crippen molar-refractivity contribution in [3.8, 4) is 17.8 Å². The Bertz CT molecular complexity index is 1510. The van der Waals surface area contributed by atoms with E-state index in [4.69, 9.17) is 16.3 Å². The molecule has 0 spiro atoms. The van der Waals surface area contributed by atoms with Gasteiger partial charge < -0.3 is 10.1 Å². The molecular weight excluding hydrogens is 482 g/mol. The number of aromatic nitrogens is 5. The first-order valence-corrected chi connectivity index (χ1v) is 11.6. The minimum absolute atomic E-state index is 0.0376. The van der Waals surface area contributed by atoms with Gasteiger partial charge >= 0.3 is 0 Å². The van der Waals surface area contributed by atoms with Gasteiger partial charge in [-0.2, -0.15) is 10.4 Å². The van der Waals surface area contributed by atoms with E-state index < -0.39 is 5.91 Å². The molecule has 0 saturated heterocycles. The van der Waals surface area contributed by atoms with E-state index in [2.05, 4.69) is 26.6 Å². The third-order valence-electron chi connectivity index (χ3n) is 5.52. The van der Waals surface area contributed by atoms with Crippen LogP contribution >= 0.6 is 11.6 Å². The van der Waals surface area contributed by atoms with Crippen LogP contribution in [0.5, 0.6) is 5.88 Å². The van der Waals surface area contributed by atoms with Gasteiger partial charge in [0.15, 0.2) is 11.6 Å². The fourth-order valence-corrected chi connectivity index (χ4v) is 4.19. The van der Waals surface area contributed by atoms with Crippen molar-refractivity contribution in [1.82, 2.24) is 24.5 Å². The fourth-order valence-electron chi connectivity index (χ4n) is 3.99. The third-order valence-corrected chi connectivity index (χ3v) is 5.82. The molecule has 0 aliphatic rings. The zero-order chi connectivity index (χ0) is 26.0. The predicted octanol–water partition coefficient (Wildman–Crippen LogP) is 4.59. The summed E-state index contributed by atoms with van der Waals surface area (Å²) in [5.74, 6) is -0.173. The number of rotatable bonds is 8. The Morgan fingerprint density at radius 3 is 2.75 bits per heavy atom. The SMILES string of the molecule is COc1cc(C(=O)Nc2c(C)cc3cnn(CC#N)c3c2C(=O)CC(C)C)n(-c2ncccc2Cl)n1. The van der Waals surface area contributed by atoms with Gasteiger partial charge in [-0.05, 0) is 36.6 Å². The average molecular weight is 506 g/mol. The molecule has 36 heavy (non-hydrogen) atoms. The lowest BCUT2D eigenvalue weighted by Crippen LogP contribution is -2.21. The van der Waals surface area contributed by atoms with Crippen LogP contribution in [-0.2, 0) is 6.54 Å². The van der Waals surface area contributed by atoms with Crippen LogP contribution in [0.25, 0.3) is 16.7 Å². The Hall–Kier alpha value is -4.23. The summed E-state index contributed by atoms with van der Waals surface area (Å²) in [6, 6.07) is 8.66. The maximum atomic E-state index is 13.6. The van der Waals surface area contributed by atoms with Gasteiger partial charge in [-0.15, -0.1) is 5.10 Å². The number of hydrogen-bond acceptors (Lipinski definition) is 7. The first-order chi connectivity index (χ1) is 17.2. The van der Waals surface area contributed by atoms with E-state index in [-0.39, 0.29) is 42.1 Å². The van der Waals surface area contributed by atoms with Crippen LogP contribution in [0.3, 0.4) is 0 Å². The van der Waals surface area contributed by atoms with E-state index in [0.29, 0.717) is 32.7 Å². The number of ether oxygens (including phenoxy) is 1. The van der Waals surface area contributed by atoms with Crippen molar-refractivity contribution in [3.05, 3.63) is 58.5 Å². The van der Waals surface area contributed by atoms with Crippen LogP contribution in [0, 0.1) is 24.2 Å². The van der Waals surface area contributed by atoms with E-state index >= 15 is 0 Å². The number of fused-ring (bicyclic) bond motifs is 1. The van der Waals surface area contributed by atoms with Crippen molar-refractivity contribution < 1.29 is 14.3 Å². The number of anilines is 1. The second-order valence-electron chi connectivity index (χ2n) is 8.61. The number of nitrogens with zero attached hydrogens (tertiary/aromatic N) is 6. The van der Waals surface area contributed by atoms with Gasteiger partial charge in [0.1, 0.15) is 12.2 Å². The van der Waals surface area contributed by atoms with Crippen molar-refractivity contribution in [2.45, 2.75) is 33.7 Å². The highest BCUT2D eigenvalue weighted by atomic mass is 35.5. The summed E-state index contributed by atoms with van der Waals surface area (Å²) in [5, 5.41) is 21.7. The molecule has 10 nitrogen and oxygen atoms in total. The summed E-state index contributed by atoms with van der Waals surface area (Å²) in [7, 11) is 1.44. The molecular formula is C25H24ClN7O3. The van der Waals surface area contributed by atoms with Gasteiger partial charge in [-0.3, -0.25) is 9.59 Å². The molecule has 11 heteroatoms. The molecule has 0 unspecified atom stereocenters. The van der Waals surface area contributed by atoms with E-state index in [9.17, 15) is 14.9 Å². The van der Waals surface area contributed by atoms with Crippen LogP contribution < -0.4 is 10.1 Å². The molecule has 1 amide bonds. The quantitative estimate of drug-likeness (QED) is 0.347. The zero-order valence-corrected chi connectivity index (χ0v) is 21.0. The van der Waals surface area contributed by atoms with Gasteiger partial charge in [0.05, 0.1) is 41.2 Å². The number of ketones is 1. The largest absolute Gasteiger partial charge is 0.480 e. The molecule has 0 aliphatic carbocycles. The van der Waals surface area contributed by atoms with Crippen LogP contribution in [0.15, 0.2) is 36.7 Å². The van der Waals surface area contributed by atoms with Crippen LogP contribution in [0.1, 0.15) is 46.7 Å². The topological polar surface area (TPSA) is 128 Å². The second-order valence-corrected chi connectivity index (χ2v) is 9.02. The highest BCUT2D eigenvalue weighted by Gasteiger charge is 2.26. The Morgan fingerprint density at radius 1 is 1.31 bits per heavy atom. The monoisotopic (exact) mass is 505 g/mol. The predicted molar refractivity (Wildman–Crippen MR) is 135 cm³/mol. The van der Waals surface area contributed by atoms with Crippen molar-refractivity contribution in [2.24, 2.45) is 5.92 Å². The summed E-state index contributed by atoms with van der Waals surface area (Å²) >= 11 is 6.31.